The van der Waals surface area contributed by atoms with E-state index in [4.69, 9.17) is 0 Å². The summed E-state index contributed by atoms with van der Waals surface area (Å²) in [5, 5.41) is 0.563. The van der Waals surface area contributed by atoms with Crippen molar-refractivity contribution < 1.29 is 4.39 Å². The molecule has 0 bridgehead atoms. The first-order chi connectivity index (χ1) is 6.58. The summed E-state index contributed by atoms with van der Waals surface area (Å²) in [5.74, 6) is -0.215. The van der Waals surface area contributed by atoms with Gasteiger partial charge < -0.3 is 0 Å². The Labute approximate surface area is 90.1 Å². The fraction of sp³-hybridized carbons (Fsp3) is 0.182. The highest BCUT2D eigenvalue weighted by molar-refractivity contribution is 9.10. The number of halogens is 2. The summed E-state index contributed by atoms with van der Waals surface area (Å²) in [6.45, 7) is 3.76. The van der Waals surface area contributed by atoms with Crippen molar-refractivity contribution in [3.63, 3.8) is 0 Å². The predicted molar refractivity (Wildman–Crippen MR) is 58.9 cm³/mol. The number of hydrogen-bond acceptors (Lipinski definition) is 1. The molecule has 0 spiro atoms. The van der Waals surface area contributed by atoms with E-state index >= 15 is 0 Å². The minimum absolute atomic E-state index is 0.215. The van der Waals surface area contributed by atoms with Crippen LogP contribution in [0.25, 0.3) is 10.9 Å². The second kappa shape index (κ2) is 3.31. The molecule has 0 N–H and O–H groups in total. The van der Waals surface area contributed by atoms with Gasteiger partial charge in [-0.25, -0.2) is 4.39 Å². The summed E-state index contributed by atoms with van der Waals surface area (Å²) in [6.07, 6.45) is 0. The molecule has 2 rings (SSSR count). The third-order valence-corrected chi connectivity index (χ3v) is 2.96. The van der Waals surface area contributed by atoms with E-state index in [-0.39, 0.29) is 5.82 Å². The molecule has 1 aromatic carbocycles. The zero-order valence-corrected chi connectivity index (χ0v) is 9.52. The van der Waals surface area contributed by atoms with Crippen LogP contribution in [0.5, 0.6) is 0 Å². The molecule has 0 fully saturated rings. The van der Waals surface area contributed by atoms with Crippen molar-refractivity contribution in [1.82, 2.24) is 4.98 Å². The van der Waals surface area contributed by atoms with Gasteiger partial charge in [-0.1, -0.05) is 0 Å². The van der Waals surface area contributed by atoms with Gasteiger partial charge in [0.05, 0.1) is 11.2 Å². The molecule has 0 amide bonds. The van der Waals surface area contributed by atoms with Crippen LogP contribution in [0.2, 0.25) is 0 Å². The van der Waals surface area contributed by atoms with Crippen LogP contribution in [0.3, 0.4) is 0 Å². The maximum absolute atomic E-state index is 13.5. The number of rotatable bonds is 0. The van der Waals surface area contributed by atoms with Crippen molar-refractivity contribution in [3.05, 3.63) is 39.7 Å². The van der Waals surface area contributed by atoms with Crippen LogP contribution < -0.4 is 0 Å². The standard InChI is InChI=1S/C11H9BrFN/c1-6-3-10(13)8-5-9(12)7(2)14-11(8)4-6/h3-5H,1-2H3. The number of nitrogens with zero attached hydrogens (tertiary/aromatic N) is 1. The van der Waals surface area contributed by atoms with Gasteiger partial charge in [0.1, 0.15) is 5.82 Å². The molecule has 0 unspecified atom stereocenters. The first kappa shape index (κ1) is 9.59. The van der Waals surface area contributed by atoms with Crippen LogP contribution in [0.4, 0.5) is 4.39 Å². The topological polar surface area (TPSA) is 12.9 Å². The molecule has 14 heavy (non-hydrogen) atoms. The molecule has 2 aromatic rings. The maximum atomic E-state index is 13.5. The molecule has 0 aliphatic carbocycles. The lowest BCUT2D eigenvalue weighted by atomic mass is 10.1. The fourth-order valence-corrected chi connectivity index (χ4v) is 1.75. The van der Waals surface area contributed by atoms with Gasteiger partial charge in [-0.2, -0.15) is 0 Å². The van der Waals surface area contributed by atoms with Gasteiger partial charge in [-0.05, 0) is 53.5 Å². The SMILES string of the molecule is Cc1cc(F)c2cc(Br)c(C)nc2c1. The van der Waals surface area contributed by atoms with Crippen LogP contribution in [-0.4, -0.2) is 4.98 Å². The second-order valence-electron chi connectivity index (χ2n) is 3.37. The van der Waals surface area contributed by atoms with Gasteiger partial charge in [0.15, 0.2) is 0 Å². The minimum Gasteiger partial charge on any atom is -0.252 e. The third kappa shape index (κ3) is 1.52. The molecular formula is C11H9BrFN. The molecule has 72 valence electrons. The summed E-state index contributed by atoms with van der Waals surface area (Å²) in [7, 11) is 0. The summed E-state index contributed by atoms with van der Waals surface area (Å²) in [4.78, 5) is 4.31. The van der Waals surface area contributed by atoms with Crippen molar-refractivity contribution >= 4 is 26.8 Å². The second-order valence-corrected chi connectivity index (χ2v) is 4.22. The predicted octanol–water partition coefficient (Wildman–Crippen LogP) is 3.75. The van der Waals surface area contributed by atoms with Crippen molar-refractivity contribution in [3.8, 4) is 0 Å². The molecule has 0 aliphatic heterocycles. The Bertz CT molecular complexity index is 508. The first-order valence-corrected chi connectivity index (χ1v) is 5.10. The molecule has 0 aliphatic rings. The number of pyridine rings is 1. The average Bonchev–Trinajstić information content (AvgIpc) is 2.08. The lowest BCUT2D eigenvalue weighted by Gasteiger charge is -2.04. The lowest BCUT2D eigenvalue weighted by Crippen LogP contribution is -1.89. The Morgan fingerprint density at radius 1 is 1.21 bits per heavy atom. The maximum Gasteiger partial charge on any atom is 0.132 e. The van der Waals surface area contributed by atoms with E-state index in [1.165, 1.54) is 6.07 Å². The van der Waals surface area contributed by atoms with E-state index in [1.54, 1.807) is 6.07 Å². The van der Waals surface area contributed by atoms with E-state index in [1.807, 2.05) is 19.9 Å². The van der Waals surface area contributed by atoms with Crippen molar-refractivity contribution in [1.29, 1.82) is 0 Å². The largest absolute Gasteiger partial charge is 0.252 e. The lowest BCUT2D eigenvalue weighted by molar-refractivity contribution is 0.638. The molecule has 0 radical (unpaired) electrons. The average molecular weight is 254 g/mol. The van der Waals surface area contributed by atoms with E-state index < -0.39 is 0 Å². The van der Waals surface area contributed by atoms with Crippen LogP contribution in [-0.2, 0) is 0 Å². The van der Waals surface area contributed by atoms with Crippen LogP contribution >= 0.6 is 15.9 Å². The van der Waals surface area contributed by atoms with Crippen molar-refractivity contribution in [2.45, 2.75) is 13.8 Å². The van der Waals surface area contributed by atoms with Gasteiger partial charge in [0, 0.05) is 9.86 Å². The van der Waals surface area contributed by atoms with E-state index in [0.717, 1.165) is 15.7 Å². The van der Waals surface area contributed by atoms with E-state index in [2.05, 4.69) is 20.9 Å². The zero-order chi connectivity index (χ0) is 10.3. The molecular weight excluding hydrogens is 245 g/mol. The Kier molecular flexibility index (Phi) is 2.27. The monoisotopic (exact) mass is 253 g/mol. The highest BCUT2D eigenvalue weighted by atomic mass is 79.9. The van der Waals surface area contributed by atoms with Gasteiger partial charge >= 0.3 is 0 Å². The number of aryl methyl sites for hydroxylation is 2. The number of fused-ring (bicyclic) bond motifs is 1. The summed E-state index contributed by atoms with van der Waals surface area (Å²) < 4.78 is 14.3. The highest BCUT2D eigenvalue weighted by Crippen LogP contribution is 2.24. The molecule has 0 saturated heterocycles. The van der Waals surface area contributed by atoms with Crippen molar-refractivity contribution in [2.24, 2.45) is 0 Å². The van der Waals surface area contributed by atoms with Gasteiger partial charge in [0.25, 0.3) is 0 Å². The van der Waals surface area contributed by atoms with Gasteiger partial charge in [-0.3, -0.25) is 4.98 Å². The van der Waals surface area contributed by atoms with Gasteiger partial charge in [-0.15, -0.1) is 0 Å². The Morgan fingerprint density at radius 2 is 1.93 bits per heavy atom. The molecule has 0 saturated carbocycles. The van der Waals surface area contributed by atoms with Crippen LogP contribution in [0.15, 0.2) is 22.7 Å². The van der Waals surface area contributed by atoms with E-state index in [9.17, 15) is 4.39 Å². The Balaban J connectivity index is 2.89. The number of hydrogen-bond donors (Lipinski definition) is 0. The normalized spacial score (nSPS) is 10.9. The van der Waals surface area contributed by atoms with E-state index in [0.29, 0.717) is 10.9 Å². The number of aromatic nitrogens is 1. The van der Waals surface area contributed by atoms with Gasteiger partial charge in [0.2, 0.25) is 0 Å². The summed E-state index contributed by atoms with van der Waals surface area (Å²) in [6, 6.07) is 5.18. The molecule has 1 aromatic heterocycles. The quantitative estimate of drug-likeness (QED) is 0.697. The molecule has 1 nitrogen and oxygen atoms in total. The Morgan fingerprint density at radius 3 is 2.64 bits per heavy atom. The number of benzene rings is 1. The first-order valence-electron chi connectivity index (χ1n) is 4.31. The Hall–Kier alpha value is -0.960. The zero-order valence-electron chi connectivity index (χ0n) is 7.94. The molecule has 0 atom stereocenters. The van der Waals surface area contributed by atoms with Crippen molar-refractivity contribution in [2.75, 3.05) is 0 Å². The summed E-state index contributed by atoms with van der Waals surface area (Å²) in [5.41, 5.74) is 2.48. The smallest absolute Gasteiger partial charge is 0.132 e. The van der Waals surface area contributed by atoms with Crippen LogP contribution in [0, 0.1) is 19.7 Å². The van der Waals surface area contributed by atoms with Crippen LogP contribution in [0.1, 0.15) is 11.3 Å². The summed E-state index contributed by atoms with van der Waals surface area (Å²) >= 11 is 3.34. The molecule has 3 heteroatoms. The molecule has 1 heterocycles. The minimum atomic E-state index is -0.215. The third-order valence-electron chi connectivity index (χ3n) is 2.16. The highest BCUT2D eigenvalue weighted by Gasteiger charge is 2.05. The fourth-order valence-electron chi connectivity index (χ4n) is 1.44.